The van der Waals surface area contributed by atoms with Gasteiger partial charge >= 0.3 is 0 Å². The molecule has 120 valence electrons. The molecule has 0 spiro atoms. The number of nitrogens with zero attached hydrogens (tertiary/aromatic N) is 3. The maximum Gasteiger partial charge on any atom is 0.268 e. The summed E-state index contributed by atoms with van der Waals surface area (Å²) in [7, 11) is 0. The van der Waals surface area contributed by atoms with Gasteiger partial charge in [-0.2, -0.15) is 0 Å². The van der Waals surface area contributed by atoms with Crippen molar-refractivity contribution < 1.29 is 13.2 Å². The molecule has 1 aliphatic heterocycles. The number of hydrogen-bond acceptors (Lipinski definition) is 4. The molecule has 1 aromatic carbocycles. The lowest BCUT2D eigenvalue weighted by molar-refractivity contribution is 0.0495. The number of aliphatic imine (C=N–C) groups is 1. The van der Waals surface area contributed by atoms with E-state index in [1.165, 1.54) is 18.3 Å². The summed E-state index contributed by atoms with van der Waals surface area (Å²) in [4.78, 5) is 12.1. The molecule has 0 saturated heterocycles. The van der Waals surface area contributed by atoms with Crippen LogP contribution in [0.25, 0.3) is 0 Å². The van der Waals surface area contributed by atoms with Gasteiger partial charge < -0.3 is 5.73 Å². The Morgan fingerprint density at radius 1 is 1.35 bits per heavy atom. The summed E-state index contributed by atoms with van der Waals surface area (Å²) in [5.41, 5.74) is 4.26. The molecule has 1 atom stereocenters. The maximum atomic E-state index is 14.2. The van der Waals surface area contributed by atoms with Crippen molar-refractivity contribution in [2.24, 2.45) is 10.7 Å². The molecule has 0 unspecified atom stereocenters. The van der Waals surface area contributed by atoms with Crippen molar-refractivity contribution in [2.45, 2.75) is 25.3 Å². The van der Waals surface area contributed by atoms with Gasteiger partial charge in [0.25, 0.3) is 6.43 Å². The zero-order chi connectivity index (χ0) is 16.8. The first-order chi connectivity index (χ1) is 10.8. The molecule has 2 N–H and O–H groups in total. The van der Waals surface area contributed by atoms with Crippen LogP contribution in [-0.4, -0.2) is 22.2 Å². The number of alkyl halides is 2. The van der Waals surface area contributed by atoms with Crippen molar-refractivity contribution in [3.8, 4) is 0 Å². The largest absolute Gasteiger partial charge is 0.383 e. The highest BCUT2D eigenvalue weighted by Gasteiger charge is 2.47. The number of fused-ring (bicyclic) bond motifs is 1. The number of aromatic nitrogens is 2. The van der Waals surface area contributed by atoms with Gasteiger partial charge in [-0.1, -0.05) is 15.9 Å². The van der Waals surface area contributed by atoms with Crippen molar-refractivity contribution in [1.29, 1.82) is 0 Å². The second kappa shape index (κ2) is 5.59. The minimum absolute atomic E-state index is 0.120. The first-order valence-corrected chi connectivity index (χ1v) is 7.54. The topological polar surface area (TPSA) is 64.2 Å². The fourth-order valence-corrected chi connectivity index (χ4v) is 3.02. The summed E-state index contributed by atoms with van der Waals surface area (Å²) in [6, 6.07) is 3.86. The van der Waals surface area contributed by atoms with Crippen LogP contribution in [0.4, 0.5) is 13.2 Å². The minimum atomic E-state index is -2.95. The van der Waals surface area contributed by atoms with Crippen LogP contribution >= 0.6 is 15.9 Å². The molecule has 0 amide bonds. The number of aryl methyl sites for hydroxylation is 1. The summed E-state index contributed by atoms with van der Waals surface area (Å²) in [5.74, 6) is -0.457. The smallest absolute Gasteiger partial charge is 0.268 e. The number of hydrogen-bond donors (Lipinski definition) is 1. The number of halogens is 4. The van der Waals surface area contributed by atoms with Crippen molar-refractivity contribution in [3.05, 3.63) is 57.3 Å². The number of nitrogens with two attached hydrogens (primary N) is 1. The molecule has 3 rings (SSSR count). The summed E-state index contributed by atoms with van der Waals surface area (Å²) in [6.45, 7) is 1.64. The van der Waals surface area contributed by atoms with Gasteiger partial charge in [0.2, 0.25) is 0 Å². The van der Waals surface area contributed by atoms with E-state index in [2.05, 4.69) is 30.9 Å². The molecule has 0 radical (unpaired) electrons. The Labute approximate surface area is 138 Å². The fraction of sp³-hybridized carbons (Fsp3) is 0.267. The highest BCUT2D eigenvalue weighted by Crippen LogP contribution is 2.41. The predicted octanol–water partition coefficient (Wildman–Crippen LogP) is 3.11. The third-order valence-electron chi connectivity index (χ3n) is 3.78. The van der Waals surface area contributed by atoms with Gasteiger partial charge in [-0.15, -0.1) is 0 Å². The van der Waals surface area contributed by atoms with Crippen LogP contribution < -0.4 is 5.73 Å². The van der Waals surface area contributed by atoms with Gasteiger partial charge in [-0.3, -0.25) is 4.99 Å². The standard InChI is InChI=1S/C15H12BrF3N4/c1-7-21-6-9-12(22-7)5-15(14(18)19,23-13(9)20)10-4-8(16)2-3-11(10)17/h2-4,6,14H,5H2,1H3,(H2,20,23)/t15-/m0/s1. The third-order valence-corrected chi connectivity index (χ3v) is 4.27. The van der Waals surface area contributed by atoms with Crippen LogP contribution in [0.2, 0.25) is 0 Å². The van der Waals surface area contributed by atoms with Gasteiger partial charge in [0.05, 0.1) is 11.3 Å². The van der Waals surface area contributed by atoms with E-state index in [1.54, 1.807) is 6.92 Å². The average molecular weight is 385 g/mol. The molecule has 2 aromatic rings. The molecule has 2 heterocycles. The molecule has 0 aliphatic carbocycles. The highest BCUT2D eigenvalue weighted by molar-refractivity contribution is 9.10. The second-order valence-corrected chi connectivity index (χ2v) is 6.22. The summed E-state index contributed by atoms with van der Waals surface area (Å²) >= 11 is 3.18. The van der Waals surface area contributed by atoms with Crippen LogP contribution in [0.15, 0.2) is 33.9 Å². The lowest BCUT2D eigenvalue weighted by atomic mass is 9.82. The van der Waals surface area contributed by atoms with Gasteiger partial charge in [-0.25, -0.2) is 23.1 Å². The van der Waals surface area contributed by atoms with Crippen molar-refractivity contribution >= 4 is 21.8 Å². The molecule has 0 fully saturated rings. The number of benzene rings is 1. The highest BCUT2D eigenvalue weighted by atomic mass is 79.9. The second-order valence-electron chi connectivity index (χ2n) is 5.30. The van der Waals surface area contributed by atoms with E-state index in [9.17, 15) is 13.2 Å². The fourth-order valence-electron chi connectivity index (χ4n) is 2.66. The first kappa shape index (κ1) is 15.9. The monoisotopic (exact) mass is 384 g/mol. The number of amidine groups is 1. The molecular formula is C15H12BrF3N4. The Bertz CT molecular complexity index is 809. The van der Waals surface area contributed by atoms with Crippen LogP contribution in [0.1, 0.15) is 22.6 Å². The van der Waals surface area contributed by atoms with E-state index < -0.39 is 17.8 Å². The van der Waals surface area contributed by atoms with Crippen LogP contribution in [0.5, 0.6) is 0 Å². The third kappa shape index (κ3) is 2.60. The van der Waals surface area contributed by atoms with Gasteiger partial charge in [0.15, 0.2) is 5.54 Å². The Morgan fingerprint density at radius 2 is 2.09 bits per heavy atom. The lowest BCUT2D eigenvalue weighted by Gasteiger charge is -2.34. The molecule has 1 aliphatic rings. The molecule has 4 nitrogen and oxygen atoms in total. The first-order valence-electron chi connectivity index (χ1n) is 6.75. The molecule has 0 bridgehead atoms. The SMILES string of the molecule is Cc1ncc2c(n1)C[C@](c1cc(Br)ccc1F)(C(F)F)N=C2N. The lowest BCUT2D eigenvalue weighted by Crippen LogP contribution is -2.42. The Hall–Kier alpha value is -1.96. The van der Waals surface area contributed by atoms with E-state index >= 15 is 0 Å². The molecule has 8 heteroatoms. The van der Waals surface area contributed by atoms with Crippen LogP contribution in [-0.2, 0) is 12.0 Å². The maximum absolute atomic E-state index is 14.2. The van der Waals surface area contributed by atoms with E-state index in [0.717, 1.165) is 6.07 Å². The van der Waals surface area contributed by atoms with E-state index in [-0.39, 0.29) is 17.8 Å². The Kier molecular flexibility index (Phi) is 3.87. The minimum Gasteiger partial charge on any atom is -0.383 e. The van der Waals surface area contributed by atoms with Crippen molar-refractivity contribution in [2.75, 3.05) is 0 Å². The molecule has 0 saturated carbocycles. The molecular weight excluding hydrogens is 373 g/mol. The van der Waals surface area contributed by atoms with Crippen molar-refractivity contribution in [3.63, 3.8) is 0 Å². The van der Waals surface area contributed by atoms with Gasteiger partial charge in [0, 0.05) is 22.7 Å². The van der Waals surface area contributed by atoms with Crippen LogP contribution in [0, 0.1) is 12.7 Å². The summed E-state index contributed by atoms with van der Waals surface area (Å²) in [5, 5.41) is 0. The quantitative estimate of drug-likeness (QED) is 0.864. The molecule has 23 heavy (non-hydrogen) atoms. The average Bonchev–Trinajstić information content (AvgIpc) is 2.48. The predicted molar refractivity (Wildman–Crippen MR) is 83.0 cm³/mol. The normalized spacial score (nSPS) is 20.3. The Balaban J connectivity index is 2.25. The van der Waals surface area contributed by atoms with Gasteiger partial charge in [0.1, 0.15) is 17.5 Å². The van der Waals surface area contributed by atoms with E-state index in [0.29, 0.717) is 21.6 Å². The van der Waals surface area contributed by atoms with Crippen molar-refractivity contribution in [1.82, 2.24) is 9.97 Å². The van der Waals surface area contributed by atoms with E-state index in [4.69, 9.17) is 5.73 Å². The summed E-state index contributed by atoms with van der Waals surface area (Å²) < 4.78 is 42.6. The zero-order valence-electron chi connectivity index (χ0n) is 12.0. The summed E-state index contributed by atoms with van der Waals surface area (Å²) in [6.07, 6.45) is -1.76. The zero-order valence-corrected chi connectivity index (χ0v) is 13.6. The van der Waals surface area contributed by atoms with Crippen LogP contribution in [0.3, 0.4) is 0 Å². The van der Waals surface area contributed by atoms with E-state index in [1.807, 2.05) is 0 Å². The Morgan fingerprint density at radius 3 is 2.78 bits per heavy atom. The number of rotatable bonds is 2. The molecule has 1 aromatic heterocycles. The van der Waals surface area contributed by atoms with Gasteiger partial charge in [-0.05, 0) is 25.1 Å².